The van der Waals surface area contributed by atoms with Gasteiger partial charge < -0.3 is 15.0 Å². The Morgan fingerprint density at radius 3 is 2.85 bits per heavy atom. The topological polar surface area (TPSA) is 67.6 Å². The van der Waals surface area contributed by atoms with Crippen molar-refractivity contribution in [2.75, 3.05) is 32.1 Å². The number of rotatable bonds is 4. The lowest BCUT2D eigenvalue weighted by atomic mass is 10.1. The number of nitrogens with zero attached hydrogens (tertiary/aromatic N) is 2. The van der Waals surface area contributed by atoms with Gasteiger partial charge in [-0.3, -0.25) is 10.1 Å². The maximum absolute atomic E-state index is 11.0. The van der Waals surface area contributed by atoms with Crippen molar-refractivity contribution < 1.29 is 9.66 Å². The lowest BCUT2D eigenvalue weighted by molar-refractivity contribution is -0.384. The summed E-state index contributed by atoms with van der Waals surface area (Å²) in [5.74, 6) is 0.521. The number of nitro groups is 1. The minimum atomic E-state index is -0.380. The molecule has 0 spiro atoms. The molecule has 1 saturated heterocycles. The first kappa shape index (κ1) is 14.6. The van der Waals surface area contributed by atoms with E-state index in [1.807, 2.05) is 13.1 Å². The quantitative estimate of drug-likeness (QED) is 0.676. The Balaban J connectivity index is 2.25. The van der Waals surface area contributed by atoms with Gasteiger partial charge in [0.1, 0.15) is 5.75 Å². The van der Waals surface area contributed by atoms with Crippen LogP contribution in [0.2, 0.25) is 0 Å². The Bertz CT molecular complexity index is 471. The molecule has 1 fully saturated rings. The second-order valence-corrected chi connectivity index (χ2v) is 5.09. The first-order valence-corrected chi connectivity index (χ1v) is 6.89. The highest BCUT2D eigenvalue weighted by molar-refractivity contribution is 5.58. The molecule has 1 unspecified atom stereocenters. The van der Waals surface area contributed by atoms with Gasteiger partial charge in [0.2, 0.25) is 0 Å². The number of nitro benzene ring substituents is 1. The molecule has 0 amide bonds. The molecule has 0 bridgehead atoms. The van der Waals surface area contributed by atoms with Crippen LogP contribution in [-0.4, -0.2) is 38.2 Å². The summed E-state index contributed by atoms with van der Waals surface area (Å²) in [5.41, 5.74) is 0.904. The monoisotopic (exact) mass is 279 g/mol. The number of anilines is 1. The molecule has 0 aromatic heterocycles. The summed E-state index contributed by atoms with van der Waals surface area (Å²) >= 11 is 0. The van der Waals surface area contributed by atoms with E-state index in [9.17, 15) is 10.1 Å². The fourth-order valence-corrected chi connectivity index (χ4v) is 2.59. The van der Waals surface area contributed by atoms with Gasteiger partial charge >= 0.3 is 0 Å². The van der Waals surface area contributed by atoms with Gasteiger partial charge in [0.05, 0.1) is 18.1 Å². The maximum Gasteiger partial charge on any atom is 0.275 e. The van der Waals surface area contributed by atoms with Crippen LogP contribution in [0.5, 0.6) is 5.75 Å². The van der Waals surface area contributed by atoms with Gasteiger partial charge in [-0.15, -0.1) is 0 Å². The van der Waals surface area contributed by atoms with E-state index in [1.54, 1.807) is 6.07 Å². The summed E-state index contributed by atoms with van der Waals surface area (Å²) in [6, 6.07) is 5.31. The van der Waals surface area contributed by atoms with Gasteiger partial charge in [-0.2, -0.15) is 0 Å². The van der Waals surface area contributed by atoms with Crippen LogP contribution in [0.4, 0.5) is 11.4 Å². The summed E-state index contributed by atoms with van der Waals surface area (Å²) in [5, 5.41) is 14.4. The average molecular weight is 279 g/mol. The number of non-ortho nitro benzene ring substituents is 1. The standard InChI is InChI=1S/C14H21N3O3/c1-16(11-4-3-6-15-7-5-11)12-8-13(17(18)19)10-14(9-12)20-2/h8-11,15H,3-7H2,1-2H3. The molecule has 1 aromatic rings. The van der Waals surface area contributed by atoms with Crippen LogP contribution in [0, 0.1) is 10.1 Å². The number of ether oxygens (including phenoxy) is 1. The van der Waals surface area contributed by atoms with Crippen LogP contribution in [0.15, 0.2) is 18.2 Å². The molecule has 1 aromatic carbocycles. The fourth-order valence-electron chi connectivity index (χ4n) is 2.59. The SMILES string of the molecule is COc1cc(N(C)C2CCCNCC2)cc([N+](=O)[O-])c1. The predicted molar refractivity (Wildman–Crippen MR) is 78.6 cm³/mol. The zero-order chi connectivity index (χ0) is 14.5. The molecule has 1 atom stereocenters. The summed E-state index contributed by atoms with van der Waals surface area (Å²) in [6.07, 6.45) is 3.26. The molecule has 0 radical (unpaired) electrons. The highest BCUT2D eigenvalue weighted by atomic mass is 16.6. The number of hydrogen-bond acceptors (Lipinski definition) is 5. The molecule has 2 rings (SSSR count). The van der Waals surface area contributed by atoms with Gasteiger partial charge in [-0.25, -0.2) is 0 Å². The molecular weight excluding hydrogens is 258 g/mol. The van der Waals surface area contributed by atoms with Gasteiger partial charge in [-0.1, -0.05) is 0 Å². The van der Waals surface area contributed by atoms with Crippen molar-refractivity contribution in [1.82, 2.24) is 5.32 Å². The van der Waals surface area contributed by atoms with Crippen molar-refractivity contribution in [2.45, 2.75) is 25.3 Å². The Labute approximate surface area is 118 Å². The normalized spacial score (nSPS) is 19.2. The van der Waals surface area contributed by atoms with E-state index in [-0.39, 0.29) is 10.6 Å². The number of nitrogens with one attached hydrogen (secondary N) is 1. The third kappa shape index (κ3) is 3.39. The van der Waals surface area contributed by atoms with Crippen LogP contribution in [0.3, 0.4) is 0 Å². The largest absolute Gasteiger partial charge is 0.496 e. The zero-order valence-corrected chi connectivity index (χ0v) is 12.0. The van der Waals surface area contributed by atoms with Crippen molar-refractivity contribution in [1.29, 1.82) is 0 Å². The molecule has 6 heteroatoms. The number of benzene rings is 1. The van der Waals surface area contributed by atoms with Crippen LogP contribution < -0.4 is 15.0 Å². The lowest BCUT2D eigenvalue weighted by Crippen LogP contribution is -2.32. The summed E-state index contributed by atoms with van der Waals surface area (Å²) < 4.78 is 5.16. The fraction of sp³-hybridized carbons (Fsp3) is 0.571. The first-order valence-electron chi connectivity index (χ1n) is 6.89. The van der Waals surface area contributed by atoms with Crippen molar-refractivity contribution in [3.8, 4) is 5.75 Å². The van der Waals surface area contributed by atoms with Crippen LogP contribution in [0.25, 0.3) is 0 Å². The van der Waals surface area contributed by atoms with E-state index in [4.69, 9.17) is 4.74 Å². The second kappa shape index (κ2) is 6.56. The molecule has 1 aliphatic heterocycles. The molecule has 20 heavy (non-hydrogen) atoms. The Hall–Kier alpha value is -1.82. The Kier molecular flexibility index (Phi) is 4.79. The minimum absolute atomic E-state index is 0.0675. The van der Waals surface area contributed by atoms with Gasteiger partial charge in [-0.05, 0) is 32.4 Å². The number of hydrogen-bond donors (Lipinski definition) is 1. The van der Waals surface area contributed by atoms with E-state index in [2.05, 4.69) is 10.2 Å². The van der Waals surface area contributed by atoms with Crippen molar-refractivity contribution in [3.05, 3.63) is 28.3 Å². The molecule has 1 heterocycles. The van der Waals surface area contributed by atoms with Crippen LogP contribution in [-0.2, 0) is 0 Å². The summed E-state index contributed by atoms with van der Waals surface area (Å²) in [6.45, 7) is 2.03. The molecule has 1 N–H and O–H groups in total. The van der Waals surface area contributed by atoms with E-state index < -0.39 is 0 Å². The number of methoxy groups -OCH3 is 1. The molecule has 1 aliphatic rings. The highest BCUT2D eigenvalue weighted by Gasteiger charge is 2.20. The third-order valence-corrected chi connectivity index (χ3v) is 3.82. The van der Waals surface area contributed by atoms with Gasteiger partial charge in [0.25, 0.3) is 5.69 Å². The molecular formula is C14H21N3O3. The molecule has 0 aliphatic carbocycles. The molecule has 6 nitrogen and oxygen atoms in total. The molecule has 110 valence electrons. The van der Waals surface area contributed by atoms with Crippen molar-refractivity contribution in [3.63, 3.8) is 0 Å². The summed E-state index contributed by atoms with van der Waals surface area (Å²) in [4.78, 5) is 12.7. The lowest BCUT2D eigenvalue weighted by Gasteiger charge is -2.29. The zero-order valence-electron chi connectivity index (χ0n) is 12.0. The van der Waals surface area contributed by atoms with Crippen LogP contribution >= 0.6 is 0 Å². The maximum atomic E-state index is 11.0. The van der Waals surface area contributed by atoms with E-state index in [1.165, 1.54) is 13.2 Å². The van der Waals surface area contributed by atoms with E-state index >= 15 is 0 Å². The smallest absolute Gasteiger partial charge is 0.275 e. The van der Waals surface area contributed by atoms with Gasteiger partial charge in [0, 0.05) is 30.9 Å². The molecule has 0 saturated carbocycles. The Morgan fingerprint density at radius 1 is 1.35 bits per heavy atom. The van der Waals surface area contributed by atoms with Crippen molar-refractivity contribution in [2.24, 2.45) is 0 Å². The van der Waals surface area contributed by atoms with Crippen LogP contribution in [0.1, 0.15) is 19.3 Å². The predicted octanol–water partition coefficient (Wildman–Crippen LogP) is 2.18. The highest BCUT2D eigenvalue weighted by Crippen LogP contribution is 2.30. The first-order chi connectivity index (χ1) is 9.61. The van der Waals surface area contributed by atoms with E-state index in [0.717, 1.165) is 38.0 Å². The van der Waals surface area contributed by atoms with E-state index in [0.29, 0.717) is 11.8 Å². The van der Waals surface area contributed by atoms with Gasteiger partial charge in [0.15, 0.2) is 0 Å². The third-order valence-electron chi connectivity index (χ3n) is 3.82. The van der Waals surface area contributed by atoms with Crippen molar-refractivity contribution >= 4 is 11.4 Å². The summed E-state index contributed by atoms with van der Waals surface area (Å²) in [7, 11) is 3.52. The second-order valence-electron chi connectivity index (χ2n) is 5.09. The average Bonchev–Trinajstić information content (AvgIpc) is 2.74. The Morgan fingerprint density at radius 2 is 2.15 bits per heavy atom. The minimum Gasteiger partial charge on any atom is -0.496 e.